The Kier molecular flexibility index (Phi) is 9.93. The van der Waals surface area contributed by atoms with Crippen molar-refractivity contribution in [3.63, 3.8) is 0 Å². The van der Waals surface area contributed by atoms with Crippen LogP contribution in [-0.4, -0.2) is 44.5 Å². The first kappa shape index (κ1) is 35.0. The van der Waals surface area contributed by atoms with Crippen LogP contribution >= 0.6 is 0 Å². The van der Waals surface area contributed by atoms with E-state index < -0.39 is 45.8 Å². The van der Waals surface area contributed by atoms with Crippen molar-refractivity contribution in [2.75, 3.05) is 6.61 Å². The summed E-state index contributed by atoms with van der Waals surface area (Å²) in [5, 5.41) is 2.08. The van der Waals surface area contributed by atoms with E-state index in [-0.39, 0.29) is 16.7 Å². The Balaban J connectivity index is 1.92. The van der Waals surface area contributed by atoms with Gasteiger partial charge in [0.25, 0.3) is 13.9 Å². The first-order valence-corrected chi connectivity index (χ1v) is 20.7. The molecule has 244 valence electrons. The molecule has 3 atom stereocenters. The summed E-state index contributed by atoms with van der Waals surface area (Å²) in [5.74, 6) is 0. The summed E-state index contributed by atoms with van der Waals surface area (Å²) >= 11 is 0. The van der Waals surface area contributed by atoms with Gasteiger partial charge in [0.2, 0.25) is 0 Å². The molecule has 7 nitrogen and oxygen atoms in total. The molecule has 0 unspecified atom stereocenters. The Morgan fingerprint density at radius 2 is 1.49 bits per heavy atom. The zero-order valence-electron chi connectivity index (χ0n) is 29.0. The summed E-state index contributed by atoms with van der Waals surface area (Å²) < 4.78 is 23.2. The lowest BCUT2D eigenvalue weighted by atomic mass is 9.95. The normalized spacial score (nSPS) is 21.1. The molecule has 1 saturated heterocycles. The fraction of sp³-hybridized carbons (Fsp3) is 0.500. The largest absolute Gasteiger partial charge is 0.410 e. The van der Waals surface area contributed by atoms with Crippen molar-refractivity contribution in [3.8, 4) is 0 Å². The van der Waals surface area contributed by atoms with Gasteiger partial charge in [-0.05, 0) is 60.4 Å². The maximum atomic E-state index is 13.1. The lowest BCUT2D eigenvalue weighted by Gasteiger charge is -2.46. The maximum absolute atomic E-state index is 13.1. The van der Waals surface area contributed by atoms with E-state index in [1.807, 2.05) is 12.1 Å². The fourth-order valence-corrected chi connectivity index (χ4v) is 12.1. The van der Waals surface area contributed by atoms with Gasteiger partial charge in [0.05, 0.1) is 12.7 Å². The Labute approximate surface area is 270 Å². The Morgan fingerprint density at radius 3 is 1.96 bits per heavy atom. The van der Waals surface area contributed by atoms with E-state index in [0.717, 1.165) is 5.57 Å². The van der Waals surface area contributed by atoms with Crippen LogP contribution < -0.4 is 21.6 Å². The van der Waals surface area contributed by atoms with Crippen LogP contribution in [0.3, 0.4) is 0 Å². The van der Waals surface area contributed by atoms with Gasteiger partial charge in [0.1, 0.15) is 11.8 Å². The molecule has 0 amide bonds. The van der Waals surface area contributed by atoms with Crippen LogP contribution in [0.5, 0.6) is 0 Å². The molecule has 9 heteroatoms. The lowest BCUT2D eigenvalue weighted by molar-refractivity contribution is -0.0921. The number of H-pyrrole nitrogens is 1. The minimum Gasteiger partial charge on any atom is -0.410 e. The maximum Gasteiger partial charge on any atom is 0.330 e. The molecule has 4 rings (SSSR count). The van der Waals surface area contributed by atoms with Crippen LogP contribution in [-0.2, 0) is 13.6 Å². The second-order valence-corrected chi connectivity index (χ2v) is 24.3. The number of nitrogens with one attached hydrogen (secondary N) is 1. The molecule has 0 bridgehead atoms. The SMILES string of the molecule is CC(C)=C[C@]1(CO[Si](c2ccccc2)(c2ccccc2)C(C)(C)C)O[C@@H](n2cc(C)c(=O)[nH]c2=O)C[C@@H]1O[Si](C)(C)C(C)(C)C. The summed E-state index contributed by atoms with van der Waals surface area (Å²) in [6, 6.07) is 21.1. The van der Waals surface area contributed by atoms with Crippen molar-refractivity contribution in [1.29, 1.82) is 0 Å². The van der Waals surface area contributed by atoms with Crippen LogP contribution in [0.15, 0.2) is 88.1 Å². The highest BCUT2D eigenvalue weighted by Crippen LogP contribution is 2.47. The van der Waals surface area contributed by atoms with Crippen LogP contribution in [0.4, 0.5) is 0 Å². The van der Waals surface area contributed by atoms with E-state index in [1.54, 1.807) is 13.1 Å². The highest BCUT2D eigenvalue weighted by Gasteiger charge is 2.56. The standard InChI is InChI=1S/C36H52N2O5Si2/c1-26(2)23-36(25-41-45(35(7,8)9,28-18-14-12-15-19-28)29-20-16-13-17-21-29)30(43-44(10,11)34(4,5)6)22-31(42-36)38-24-27(3)32(39)37-33(38)40/h12-21,23-24,30-31H,22,25H2,1-11H3,(H,37,39,40)/t30-,31+,36+/m0/s1. The minimum atomic E-state index is -2.94. The van der Waals surface area contributed by atoms with E-state index in [9.17, 15) is 9.59 Å². The molecular weight excluding hydrogens is 597 g/mol. The summed E-state index contributed by atoms with van der Waals surface area (Å²) in [5.41, 5.74) is -0.370. The van der Waals surface area contributed by atoms with E-state index in [1.165, 1.54) is 14.9 Å². The molecule has 0 radical (unpaired) electrons. The number of benzene rings is 2. The van der Waals surface area contributed by atoms with Gasteiger partial charge >= 0.3 is 5.69 Å². The van der Waals surface area contributed by atoms with Crippen LogP contribution in [0, 0.1) is 6.92 Å². The van der Waals surface area contributed by atoms with Gasteiger partial charge in [-0.25, -0.2) is 4.79 Å². The van der Waals surface area contributed by atoms with Gasteiger partial charge in [0.15, 0.2) is 8.32 Å². The number of nitrogens with zero attached hydrogens (tertiary/aromatic N) is 1. The molecule has 2 heterocycles. The molecule has 1 fully saturated rings. The van der Waals surface area contributed by atoms with E-state index in [0.29, 0.717) is 12.0 Å². The van der Waals surface area contributed by atoms with Gasteiger partial charge in [-0.1, -0.05) is 108 Å². The van der Waals surface area contributed by atoms with Crippen LogP contribution in [0.2, 0.25) is 23.2 Å². The molecule has 0 spiro atoms. The van der Waals surface area contributed by atoms with Crippen molar-refractivity contribution < 1.29 is 13.6 Å². The van der Waals surface area contributed by atoms with Crippen LogP contribution in [0.1, 0.15) is 73.6 Å². The smallest absolute Gasteiger partial charge is 0.330 e. The van der Waals surface area contributed by atoms with E-state index in [2.05, 4.69) is 128 Å². The summed E-state index contributed by atoms with van der Waals surface area (Å²) in [6.45, 7) is 24.0. The number of allylic oxidation sites excluding steroid dienone is 1. The number of ether oxygens (including phenoxy) is 1. The second-order valence-electron chi connectivity index (χ2n) is 15.3. The fourth-order valence-electron chi connectivity index (χ4n) is 6.18. The summed E-state index contributed by atoms with van der Waals surface area (Å²) in [6.07, 6.45) is 3.12. The Morgan fingerprint density at radius 1 is 0.956 bits per heavy atom. The zero-order chi connectivity index (χ0) is 33.4. The van der Waals surface area contributed by atoms with Crippen LogP contribution in [0.25, 0.3) is 0 Å². The molecule has 0 saturated carbocycles. The highest BCUT2D eigenvalue weighted by molar-refractivity contribution is 6.99. The van der Waals surface area contributed by atoms with Crippen molar-refractivity contribution in [2.45, 2.75) is 110 Å². The summed E-state index contributed by atoms with van der Waals surface area (Å²) in [7, 11) is -5.25. The molecule has 1 aromatic heterocycles. The number of aromatic nitrogens is 2. The molecule has 3 aromatic rings. The quantitative estimate of drug-likeness (QED) is 0.214. The van der Waals surface area contributed by atoms with Crippen molar-refractivity contribution in [1.82, 2.24) is 9.55 Å². The third-order valence-electron chi connectivity index (χ3n) is 9.48. The van der Waals surface area contributed by atoms with Gasteiger partial charge in [0, 0.05) is 18.2 Å². The number of rotatable bonds is 9. The average Bonchev–Trinajstić information content (AvgIpc) is 3.27. The van der Waals surface area contributed by atoms with Gasteiger partial charge in [-0.2, -0.15) is 0 Å². The number of hydrogen-bond donors (Lipinski definition) is 1. The van der Waals surface area contributed by atoms with Gasteiger partial charge < -0.3 is 13.6 Å². The first-order valence-electron chi connectivity index (χ1n) is 15.9. The lowest BCUT2D eigenvalue weighted by Crippen LogP contribution is -2.68. The predicted octanol–water partition coefficient (Wildman–Crippen LogP) is 6.44. The average molecular weight is 649 g/mol. The summed E-state index contributed by atoms with van der Waals surface area (Å²) in [4.78, 5) is 27.9. The van der Waals surface area contributed by atoms with Crippen molar-refractivity contribution in [2.24, 2.45) is 0 Å². The second kappa shape index (κ2) is 12.8. The van der Waals surface area contributed by atoms with E-state index in [4.69, 9.17) is 13.6 Å². The van der Waals surface area contributed by atoms with Gasteiger partial charge in [-0.15, -0.1) is 0 Å². The Bertz CT molecular complexity index is 1570. The molecule has 1 N–H and O–H groups in total. The minimum absolute atomic E-state index is 0.0495. The molecule has 2 aromatic carbocycles. The molecule has 0 aliphatic carbocycles. The monoisotopic (exact) mass is 648 g/mol. The number of aryl methyl sites for hydroxylation is 1. The van der Waals surface area contributed by atoms with Crippen molar-refractivity contribution >= 4 is 27.0 Å². The third-order valence-corrected chi connectivity index (χ3v) is 18.9. The van der Waals surface area contributed by atoms with E-state index >= 15 is 0 Å². The van der Waals surface area contributed by atoms with Crippen molar-refractivity contribution in [3.05, 3.63) is 105 Å². The molecule has 45 heavy (non-hydrogen) atoms. The number of aromatic amines is 1. The zero-order valence-corrected chi connectivity index (χ0v) is 31.0. The third kappa shape index (κ3) is 6.98. The van der Waals surface area contributed by atoms with Gasteiger partial charge in [-0.3, -0.25) is 14.3 Å². The number of hydrogen-bond acceptors (Lipinski definition) is 5. The first-order chi connectivity index (χ1) is 20.8. The highest BCUT2D eigenvalue weighted by atomic mass is 28.4. The predicted molar refractivity (Wildman–Crippen MR) is 189 cm³/mol. The molecule has 1 aliphatic heterocycles. The topological polar surface area (TPSA) is 82.5 Å². The molecule has 1 aliphatic rings. The Hall–Kier alpha value is -2.83. The molecular formula is C36H52N2O5Si2.